The molecule has 2 aromatic rings. The molecule has 19 heavy (non-hydrogen) atoms. The van der Waals surface area contributed by atoms with Crippen LogP contribution >= 0.6 is 15.9 Å². The van der Waals surface area contributed by atoms with Gasteiger partial charge in [-0.05, 0) is 44.8 Å². The average Bonchev–Trinajstić information content (AvgIpc) is 2.43. The van der Waals surface area contributed by atoms with Crippen LogP contribution in [0.25, 0.3) is 0 Å². The van der Waals surface area contributed by atoms with Crippen LogP contribution in [-0.4, -0.2) is 5.11 Å². The van der Waals surface area contributed by atoms with E-state index in [9.17, 15) is 4.39 Å². The van der Waals surface area contributed by atoms with Gasteiger partial charge in [-0.2, -0.15) is 0 Å². The molecule has 2 aromatic carbocycles. The second-order valence-corrected chi connectivity index (χ2v) is 5.18. The van der Waals surface area contributed by atoms with Crippen LogP contribution in [0.1, 0.15) is 16.7 Å². The molecular formula is C15H15BrFNO. The number of halogens is 2. The highest BCUT2D eigenvalue weighted by atomic mass is 79.9. The van der Waals surface area contributed by atoms with Gasteiger partial charge in [-0.1, -0.05) is 30.3 Å². The van der Waals surface area contributed by atoms with Gasteiger partial charge in [0.15, 0.2) is 0 Å². The van der Waals surface area contributed by atoms with Gasteiger partial charge >= 0.3 is 0 Å². The van der Waals surface area contributed by atoms with Crippen molar-refractivity contribution in [3.8, 4) is 0 Å². The molecule has 100 valence electrons. The summed E-state index contributed by atoms with van der Waals surface area (Å²) < 4.78 is 13.8. The summed E-state index contributed by atoms with van der Waals surface area (Å²) in [5, 5.41) is 12.3. The van der Waals surface area contributed by atoms with Crippen LogP contribution in [0.4, 0.5) is 4.39 Å². The lowest BCUT2D eigenvalue weighted by Gasteiger charge is -2.07. The number of aliphatic hydroxyl groups excluding tert-OH is 1. The Labute approximate surface area is 120 Å². The molecular weight excluding hydrogens is 309 g/mol. The van der Waals surface area contributed by atoms with Gasteiger partial charge in [0.25, 0.3) is 0 Å². The first kappa shape index (κ1) is 14.2. The van der Waals surface area contributed by atoms with Gasteiger partial charge in [-0.25, -0.2) is 4.39 Å². The Kier molecular flexibility index (Phi) is 5.07. The SMILES string of the molecule is OCc1cccc(CNCc2ccc(Br)c(F)c2)c1. The Morgan fingerprint density at radius 2 is 1.68 bits per heavy atom. The van der Waals surface area contributed by atoms with E-state index in [1.807, 2.05) is 30.3 Å². The quantitative estimate of drug-likeness (QED) is 0.884. The highest BCUT2D eigenvalue weighted by Crippen LogP contribution is 2.16. The molecule has 0 fully saturated rings. The molecule has 0 radical (unpaired) electrons. The number of hydrogen-bond acceptors (Lipinski definition) is 2. The Balaban J connectivity index is 1.90. The molecule has 2 N–H and O–H groups in total. The smallest absolute Gasteiger partial charge is 0.137 e. The van der Waals surface area contributed by atoms with E-state index in [0.29, 0.717) is 17.6 Å². The minimum atomic E-state index is -0.249. The first-order chi connectivity index (χ1) is 9.19. The van der Waals surface area contributed by atoms with Gasteiger partial charge in [-0.3, -0.25) is 0 Å². The van der Waals surface area contributed by atoms with Crippen LogP contribution in [-0.2, 0) is 19.7 Å². The van der Waals surface area contributed by atoms with Crippen molar-refractivity contribution in [2.75, 3.05) is 0 Å². The molecule has 0 amide bonds. The van der Waals surface area contributed by atoms with Crippen LogP contribution in [0.3, 0.4) is 0 Å². The molecule has 0 saturated heterocycles. The minimum absolute atomic E-state index is 0.0474. The Hall–Kier alpha value is -1.23. The van der Waals surface area contributed by atoms with Gasteiger partial charge in [0, 0.05) is 13.1 Å². The van der Waals surface area contributed by atoms with Crippen molar-refractivity contribution in [2.45, 2.75) is 19.7 Å². The highest BCUT2D eigenvalue weighted by molar-refractivity contribution is 9.10. The molecule has 0 aliphatic rings. The molecule has 0 spiro atoms. The zero-order valence-electron chi connectivity index (χ0n) is 10.4. The summed E-state index contributed by atoms with van der Waals surface area (Å²) in [4.78, 5) is 0. The van der Waals surface area contributed by atoms with Crippen LogP contribution in [0.5, 0.6) is 0 Å². The van der Waals surface area contributed by atoms with Gasteiger partial charge in [-0.15, -0.1) is 0 Å². The minimum Gasteiger partial charge on any atom is -0.392 e. The molecule has 0 saturated carbocycles. The molecule has 0 heterocycles. The van der Waals surface area contributed by atoms with E-state index < -0.39 is 0 Å². The van der Waals surface area contributed by atoms with Crippen molar-refractivity contribution >= 4 is 15.9 Å². The summed E-state index contributed by atoms with van der Waals surface area (Å²) in [6, 6.07) is 12.9. The zero-order valence-corrected chi connectivity index (χ0v) is 12.0. The summed E-state index contributed by atoms with van der Waals surface area (Å²) in [5.41, 5.74) is 2.90. The van der Waals surface area contributed by atoms with Gasteiger partial charge < -0.3 is 10.4 Å². The standard InChI is InChI=1S/C15H15BrFNO/c16-14-5-4-12(7-15(14)17)9-18-8-11-2-1-3-13(6-11)10-19/h1-7,18-19H,8-10H2. The van der Waals surface area contributed by atoms with Gasteiger partial charge in [0.1, 0.15) is 5.82 Å². The summed E-state index contributed by atoms with van der Waals surface area (Å²) in [6.07, 6.45) is 0. The molecule has 0 unspecified atom stereocenters. The molecule has 0 aliphatic heterocycles. The largest absolute Gasteiger partial charge is 0.392 e. The number of aliphatic hydroxyl groups is 1. The van der Waals surface area contributed by atoms with E-state index in [1.165, 1.54) is 6.07 Å². The van der Waals surface area contributed by atoms with Gasteiger partial charge in [0.05, 0.1) is 11.1 Å². The lowest BCUT2D eigenvalue weighted by atomic mass is 10.1. The number of hydrogen-bond donors (Lipinski definition) is 2. The fraction of sp³-hybridized carbons (Fsp3) is 0.200. The van der Waals surface area contributed by atoms with Crippen molar-refractivity contribution in [1.82, 2.24) is 5.32 Å². The molecule has 0 aliphatic carbocycles. The molecule has 0 aromatic heterocycles. The predicted molar refractivity (Wildman–Crippen MR) is 77.0 cm³/mol. The van der Waals surface area contributed by atoms with E-state index in [1.54, 1.807) is 6.07 Å². The topological polar surface area (TPSA) is 32.3 Å². The normalized spacial score (nSPS) is 10.7. The van der Waals surface area contributed by atoms with Crippen LogP contribution in [0.15, 0.2) is 46.9 Å². The molecule has 2 nitrogen and oxygen atoms in total. The maximum absolute atomic E-state index is 13.3. The van der Waals surface area contributed by atoms with Gasteiger partial charge in [0.2, 0.25) is 0 Å². The fourth-order valence-corrected chi connectivity index (χ4v) is 2.09. The van der Waals surface area contributed by atoms with Crippen molar-refractivity contribution in [3.05, 3.63) is 69.4 Å². The second kappa shape index (κ2) is 6.80. The van der Waals surface area contributed by atoms with Crippen molar-refractivity contribution in [2.24, 2.45) is 0 Å². The molecule has 0 atom stereocenters. The Morgan fingerprint density at radius 1 is 1.00 bits per heavy atom. The molecule has 2 rings (SSSR count). The second-order valence-electron chi connectivity index (χ2n) is 4.33. The summed E-state index contributed by atoms with van der Waals surface area (Å²) in [7, 11) is 0. The van der Waals surface area contributed by atoms with E-state index in [0.717, 1.165) is 16.7 Å². The van der Waals surface area contributed by atoms with Crippen molar-refractivity contribution in [1.29, 1.82) is 0 Å². The third kappa shape index (κ3) is 4.13. The summed E-state index contributed by atoms with van der Waals surface area (Å²) in [5.74, 6) is -0.249. The van der Waals surface area contributed by atoms with E-state index in [-0.39, 0.29) is 12.4 Å². The summed E-state index contributed by atoms with van der Waals surface area (Å²) in [6.45, 7) is 1.34. The highest BCUT2D eigenvalue weighted by Gasteiger charge is 2.01. The number of benzene rings is 2. The number of nitrogens with one attached hydrogen (secondary N) is 1. The Morgan fingerprint density at radius 3 is 2.37 bits per heavy atom. The summed E-state index contributed by atoms with van der Waals surface area (Å²) >= 11 is 3.13. The third-order valence-corrected chi connectivity index (χ3v) is 3.46. The van der Waals surface area contributed by atoms with Crippen LogP contribution in [0, 0.1) is 5.82 Å². The van der Waals surface area contributed by atoms with Crippen molar-refractivity contribution in [3.63, 3.8) is 0 Å². The van der Waals surface area contributed by atoms with Crippen LogP contribution in [0.2, 0.25) is 0 Å². The molecule has 0 bridgehead atoms. The third-order valence-electron chi connectivity index (χ3n) is 2.82. The lowest BCUT2D eigenvalue weighted by molar-refractivity contribution is 0.281. The maximum Gasteiger partial charge on any atom is 0.137 e. The number of rotatable bonds is 5. The fourth-order valence-electron chi connectivity index (χ4n) is 1.84. The Bertz CT molecular complexity index is 560. The zero-order chi connectivity index (χ0) is 13.7. The average molecular weight is 324 g/mol. The van der Waals surface area contributed by atoms with E-state index >= 15 is 0 Å². The van der Waals surface area contributed by atoms with Crippen LogP contribution < -0.4 is 5.32 Å². The van der Waals surface area contributed by atoms with Crippen molar-refractivity contribution < 1.29 is 9.50 Å². The van der Waals surface area contributed by atoms with E-state index in [4.69, 9.17) is 5.11 Å². The first-order valence-corrected chi connectivity index (χ1v) is 6.81. The van der Waals surface area contributed by atoms with E-state index in [2.05, 4.69) is 21.2 Å². The first-order valence-electron chi connectivity index (χ1n) is 6.02. The molecule has 4 heteroatoms. The monoisotopic (exact) mass is 323 g/mol. The lowest BCUT2D eigenvalue weighted by Crippen LogP contribution is -2.13. The predicted octanol–water partition coefficient (Wildman–Crippen LogP) is 3.37. The maximum atomic E-state index is 13.3.